The summed E-state index contributed by atoms with van der Waals surface area (Å²) < 4.78 is 0. The van der Waals surface area contributed by atoms with Crippen molar-refractivity contribution in [1.82, 2.24) is 4.98 Å². The lowest BCUT2D eigenvalue weighted by atomic mass is 10.1. The van der Waals surface area contributed by atoms with Crippen LogP contribution in [0, 0.1) is 6.92 Å². The minimum Gasteiger partial charge on any atom is -0.397 e. The SMILES string of the molecule is Cc1ccc(N)c2nc3ccccc3cc12. The topological polar surface area (TPSA) is 38.9 Å². The van der Waals surface area contributed by atoms with Crippen molar-refractivity contribution in [2.75, 3.05) is 5.73 Å². The third-order valence-electron chi connectivity index (χ3n) is 2.94. The van der Waals surface area contributed by atoms with E-state index < -0.39 is 0 Å². The van der Waals surface area contributed by atoms with Crippen LogP contribution >= 0.6 is 0 Å². The molecule has 2 N–H and O–H groups in total. The molecule has 0 saturated carbocycles. The molecule has 0 saturated heterocycles. The van der Waals surface area contributed by atoms with Crippen LogP contribution in [0.1, 0.15) is 5.56 Å². The summed E-state index contributed by atoms with van der Waals surface area (Å²) in [5, 5.41) is 2.29. The molecule has 78 valence electrons. The second kappa shape index (κ2) is 3.20. The summed E-state index contributed by atoms with van der Waals surface area (Å²) in [6.45, 7) is 2.08. The molecule has 1 heterocycles. The van der Waals surface area contributed by atoms with Crippen molar-refractivity contribution >= 4 is 27.5 Å². The van der Waals surface area contributed by atoms with Gasteiger partial charge in [-0.05, 0) is 30.7 Å². The number of nitrogens with zero attached hydrogens (tertiary/aromatic N) is 1. The Labute approximate surface area is 93.7 Å². The third-order valence-corrected chi connectivity index (χ3v) is 2.94. The Kier molecular flexibility index (Phi) is 1.83. The molecule has 0 aliphatic carbocycles. The number of nitrogen functional groups attached to an aromatic ring is 1. The van der Waals surface area contributed by atoms with Crippen molar-refractivity contribution in [3.05, 3.63) is 48.0 Å². The Morgan fingerprint density at radius 3 is 2.75 bits per heavy atom. The summed E-state index contributed by atoms with van der Waals surface area (Å²) in [6.07, 6.45) is 0. The zero-order valence-corrected chi connectivity index (χ0v) is 9.07. The van der Waals surface area contributed by atoms with Gasteiger partial charge in [0.25, 0.3) is 0 Å². The number of hydrogen-bond donors (Lipinski definition) is 1. The van der Waals surface area contributed by atoms with Gasteiger partial charge in [-0.2, -0.15) is 0 Å². The Morgan fingerprint density at radius 1 is 1.06 bits per heavy atom. The highest BCUT2D eigenvalue weighted by atomic mass is 14.7. The maximum atomic E-state index is 5.95. The third kappa shape index (κ3) is 1.23. The highest BCUT2D eigenvalue weighted by Gasteiger charge is 2.04. The number of nitrogens with two attached hydrogens (primary N) is 1. The van der Waals surface area contributed by atoms with Gasteiger partial charge in [0.2, 0.25) is 0 Å². The monoisotopic (exact) mass is 208 g/mol. The average Bonchev–Trinajstić information content (AvgIpc) is 2.32. The van der Waals surface area contributed by atoms with Crippen molar-refractivity contribution in [2.45, 2.75) is 6.92 Å². The first-order valence-corrected chi connectivity index (χ1v) is 5.30. The minimum atomic E-state index is 0.742. The summed E-state index contributed by atoms with van der Waals surface area (Å²) >= 11 is 0. The molecular formula is C14H12N2. The van der Waals surface area contributed by atoms with E-state index in [4.69, 9.17) is 5.73 Å². The van der Waals surface area contributed by atoms with Gasteiger partial charge in [0.05, 0.1) is 16.7 Å². The molecule has 0 fully saturated rings. The molecule has 0 amide bonds. The fraction of sp³-hybridized carbons (Fsp3) is 0.0714. The van der Waals surface area contributed by atoms with E-state index >= 15 is 0 Å². The van der Waals surface area contributed by atoms with Crippen LogP contribution in [0.2, 0.25) is 0 Å². The van der Waals surface area contributed by atoms with E-state index in [0.717, 1.165) is 27.5 Å². The summed E-state index contributed by atoms with van der Waals surface area (Å²) in [7, 11) is 0. The Balaban J connectivity index is 2.56. The largest absolute Gasteiger partial charge is 0.397 e. The lowest BCUT2D eigenvalue weighted by Gasteiger charge is -2.06. The van der Waals surface area contributed by atoms with Crippen molar-refractivity contribution in [1.29, 1.82) is 0 Å². The molecule has 2 aromatic carbocycles. The van der Waals surface area contributed by atoms with E-state index in [1.54, 1.807) is 0 Å². The number of aryl methyl sites for hydroxylation is 1. The molecule has 2 heteroatoms. The minimum absolute atomic E-state index is 0.742. The second-order valence-electron chi connectivity index (χ2n) is 4.05. The van der Waals surface area contributed by atoms with Crippen LogP contribution in [0.25, 0.3) is 21.8 Å². The smallest absolute Gasteiger partial charge is 0.0941 e. The summed E-state index contributed by atoms with van der Waals surface area (Å²) in [5.41, 5.74) is 9.80. The number of benzene rings is 2. The number of anilines is 1. The summed E-state index contributed by atoms with van der Waals surface area (Å²) in [6, 6.07) is 14.2. The molecule has 1 aromatic heterocycles. The molecule has 3 aromatic rings. The van der Waals surface area contributed by atoms with Gasteiger partial charge in [0, 0.05) is 10.8 Å². The number of pyridine rings is 1. The fourth-order valence-electron chi connectivity index (χ4n) is 2.02. The van der Waals surface area contributed by atoms with Gasteiger partial charge >= 0.3 is 0 Å². The second-order valence-corrected chi connectivity index (χ2v) is 4.05. The first kappa shape index (κ1) is 9.16. The molecule has 2 nitrogen and oxygen atoms in total. The summed E-state index contributed by atoms with van der Waals surface area (Å²) in [4.78, 5) is 4.61. The lowest BCUT2D eigenvalue weighted by Crippen LogP contribution is -1.92. The zero-order chi connectivity index (χ0) is 11.1. The molecule has 3 rings (SSSR count). The molecule has 0 spiro atoms. The number of fused-ring (bicyclic) bond motifs is 2. The van der Waals surface area contributed by atoms with Crippen molar-refractivity contribution in [2.24, 2.45) is 0 Å². The number of rotatable bonds is 0. The van der Waals surface area contributed by atoms with Gasteiger partial charge in [-0.3, -0.25) is 0 Å². The molecule has 16 heavy (non-hydrogen) atoms. The maximum absolute atomic E-state index is 5.95. The lowest BCUT2D eigenvalue weighted by molar-refractivity contribution is 1.46. The maximum Gasteiger partial charge on any atom is 0.0941 e. The van der Waals surface area contributed by atoms with Gasteiger partial charge in [-0.15, -0.1) is 0 Å². The molecule has 0 radical (unpaired) electrons. The average molecular weight is 208 g/mol. The highest BCUT2D eigenvalue weighted by molar-refractivity contribution is 5.99. The normalized spacial score (nSPS) is 11.1. The van der Waals surface area contributed by atoms with Crippen LogP contribution < -0.4 is 5.73 Å². The fourth-order valence-corrected chi connectivity index (χ4v) is 2.02. The molecule has 0 aliphatic rings. The molecule has 0 atom stereocenters. The van der Waals surface area contributed by atoms with Crippen molar-refractivity contribution < 1.29 is 0 Å². The van der Waals surface area contributed by atoms with E-state index in [1.165, 1.54) is 5.56 Å². The van der Waals surface area contributed by atoms with Gasteiger partial charge in [-0.1, -0.05) is 24.3 Å². The molecule has 0 bridgehead atoms. The van der Waals surface area contributed by atoms with E-state index in [-0.39, 0.29) is 0 Å². The quantitative estimate of drug-likeness (QED) is 0.455. The van der Waals surface area contributed by atoms with Gasteiger partial charge in [-0.25, -0.2) is 4.98 Å². The van der Waals surface area contributed by atoms with Crippen LogP contribution in [0.3, 0.4) is 0 Å². The van der Waals surface area contributed by atoms with E-state index in [2.05, 4.69) is 24.0 Å². The van der Waals surface area contributed by atoms with Crippen LogP contribution in [-0.2, 0) is 0 Å². The molecular weight excluding hydrogens is 196 g/mol. The predicted octanol–water partition coefficient (Wildman–Crippen LogP) is 3.28. The van der Waals surface area contributed by atoms with E-state index in [1.807, 2.05) is 30.3 Å². The number of aromatic nitrogens is 1. The van der Waals surface area contributed by atoms with Gasteiger partial charge in [0.1, 0.15) is 0 Å². The van der Waals surface area contributed by atoms with Crippen molar-refractivity contribution in [3.63, 3.8) is 0 Å². The Morgan fingerprint density at radius 2 is 1.88 bits per heavy atom. The van der Waals surface area contributed by atoms with Gasteiger partial charge < -0.3 is 5.73 Å². The molecule has 0 aliphatic heterocycles. The molecule has 0 unspecified atom stereocenters. The first-order valence-electron chi connectivity index (χ1n) is 5.30. The Bertz CT molecular complexity index is 627. The van der Waals surface area contributed by atoms with Crippen LogP contribution in [0.4, 0.5) is 5.69 Å². The number of hydrogen-bond acceptors (Lipinski definition) is 2. The van der Waals surface area contributed by atoms with Crippen LogP contribution in [-0.4, -0.2) is 4.98 Å². The number of para-hydroxylation sites is 1. The summed E-state index contributed by atoms with van der Waals surface area (Å²) in [5.74, 6) is 0. The van der Waals surface area contributed by atoms with E-state index in [9.17, 15) is 0 Å². The van der Waals surface area contributed by atoms with Crippen LogP contribution in [0.5, 0.6) is 0 Å². The highest BCUT2D eigenvalue weighted by Crippen LogP contribution is 2.26. The van der Waals surface area contributed by atoms with E-state index in [0.29, 0.717) is 0 Å². The zero-order valence-electron chi connectivity index (χ0n) is 9.07. The first-order chi connectivity index (χ1) is 7.75. The predicted molar refractivity (Wildman–Crippen MR) is 68.4 cm³/mol. The van der Waals surface area contributed by atoms with Crippen LogP contribution in [0.15, 0.2) is 42.5 Å². The van der Waals surface area contributed by atoms with Gasteiger partial charge in [0.15, 0.2) is 0 Å². The van der Waals surface area contributed by atoms with Crippen molar-refractivity contribution in [3.8, 4) is 0 Å². The standard InChI is InChI=1S/C14H12N2/c1-9-6-7-12(15)14-11(9)8-10-4-2-3-5-13(10)16-14/h2-8H,15H2,1H3. The Hall–Kier alpha value is -2.09.